The minimum absolute atomic E-state index is 0. The van der Waals surface area contributed by atoms with Gasteiger partial charge in [0.15, 0.2) is 17.3 Å². The summed E-state index contributed by atoms with van der Waals surface area (Å²) in [6, 6.07) is 0. The smallest absolute Gasteiger partial charge is 0.158 e. The van der Waals surface area contributed by atoms with E-state index in [0.29, 0.717) is 19.3 Å². The number of ketones is 3. The van der Waals surface area contributed by atoms with Gasteiger partial charge in [-0.25, -0.2) is 0 Å². The Bertz CT molecular complexity index is 406. The first-order chi connectivity index (χ1) is 11.0. The summed E-state index contributed by atoms with van der Waals surface area (Å²) in [6.07, 6.45) is 5.04. The van der Waals surface area contributed by atoms with Crippen LogP contribution in [0.1, 0.15) is 60.8 Å². The van der Waals surface area contributed by atoms with Gasteiger partial charge in [0.05, 0.1) is 17.3 Å². The largest absolute Gasteiger partial charge is 0.512 e. The molecule has 0 aliphatic rings. The van der Waals surface area contributed by atoms with Crippen molar-refractivity contribution >= 4 is 17.3 Å². The molecule has 0 bridgehead atoms. The minimum atomic E-state index is -0.0370. The summed E-state index contributed by atoms with van der Waals surface area (Å²) in [4.78, 5) is 31.2. The number of hydrogen-bond donors (Lipinski definition) is 3. The number of allylic oxidation sites excluding steroid dienone is 6. The predicted octanol–water partition coefficient (Wildman–Crippen LogP) is 4.28. The van der Waals surface area contributed by atoms with E-state index in [1.54, 1.807) is 20.8 Å². The summed E-state index contributed by atoms with van der Waals surface area (Å²) >= 11 is 0. The van der Waals surface area contributed by atoms with Gasteiger partial charge in [0, 0.05) is 54.6 Å². The molecule has 0 aromatic heterocycles. The van der Waals surface area contributed by atoms with E-state index in [2.05, 4.69) is 0 Å². The molecule has 0 amide bonds. The first-order valence-corrected chi connectivity index (χ1v) is 7.70. The summed E-state index contributed by atoms with van der Waals surface area (Å²) in [5, 5.41) is 25.5. The molecule has 0 saturated heterocycles. The fourth-order valence-corrected chi connectivity index (χ4v) is 1.01. The Balaban J connectivity index is -0.000000130. The van der Waals surface area contributed by atoms with Gasteiger partial charge in [-0.15, -0.1) is 0 Å². The molecule has 3 N–H and O–H groups in total. The molecular weight excluding hydrogens is 368 g/mol. The van der Waals surface area contributed by atoms with Crippen LogP contribution in [0.5, 0.6) is 0 Å². The summed E-state index contributed by atoms with van der Waals surface area (Å²) in [7, 11) is 0. The summed E-state index contributed by atoms with van der Waals surface area (Å²) in [6.45, 7) is 9.69. The molecule has 0 heterocycles. The molecule has 7 heteroatoms. The minimum Gasteiger partial charge on any atom is -0.512 e. The Morgan fingerprint density at radius 3 is 0.800 bits per heavy atom. The number of carbonyl (C=O) groups is 3. The first kappa shape index (κ1) is 31.0. The molecule has 0 aromatic rings. The Labute approximate surface area is 160 Å². The second-order valence-electron chi connectivity index (χ2n) is 4.82. The van der Waals surface area contributed by atoms with Crippen LogP contribution in [-0.2, 0) is 31.5 Å². The van der Waals surface area contributed by atoms with Crippen LogP contribution >= 0.6 is 0 Å². The zero-order valence-corrected chi connectivity index (χ0v) is 16.9. The third-order valence-electron chi connectivity index (χ3n) is 2.16. The van der Waals surface area contributed by atoms with E-state index in [0.717, 1.165) is 0 Å². The Morgan fingerprint density at radius 1 is 0.600 bits per heavy atom. The molecule has 0 aromatic carbocycles. The van der Waals surface area contributed by atoms with E-state index in [4.69, 9.17) is 15.3 Å². The van der Waals surface area contributed by atoms with Crippen LogP contribution in [0.3, 0.4) is 0 Å². The van der Waals surface area contributed by atoms with Crippen LogP contribution in [0, 0.1) is 0 Å². The van der Waals surface area contributed by atoms with E-state index in [1.165, 1.54) is 39.0 Å². The summed E-state index contributed by atoms with van der Waals surface area (Å²) in [5.41, 5.74) is 0. The zero-order chi connectivity index (χ0) is 19.7. The molecule has 0 unspecified atom stereocenters. The van der Waals surface area contributed by atoms with Crippen LogP contribution in [0.2, 0.25) is 0 Å². The topological polar surface area (TPSA) is 112 Å². The fourth-order valence-electron chi connectivity index (χ4n) is 1.01. The monoisotopic (exact) mass is 398 g/mol. The van der Waals surface area contributed by atoms with Crippen LogP contribution in [-0.4, -0.2) is 32.7 Å². The molecule has 25 heavy (non-hydrogen) atoms. The Morgan fingerprint density at radius 2 is 0.760 bits per heavy atom. The first-order valence-electron chi connectivity index (χ1n) is 7.70. The second kappa shape index (κ2) is 20.2. The van der Waals surface area contributed by atoms with Crippen molar-refractivity contribution in [2.45, 2.75) is 60.8 Å². The van der Waals surface area contributed by atoms with Gasteiger partial charge in [0.1, 0.15) is 0 Å². The summed E-state index contributed by atoms with van der Waals surface area (Å²) in [5.74, 6) is 0.130. The molecule has 0 saturated carbocycles. The summed E-state index contributed by atoms with van der Waals surface area (Å²) < 4.78 is 0. The van der Waals surface area contributed by atoms with Crippen LogP contribution in [0.4, 0.5) is 0 Å². The maximum absolute atomic E-state index is 10.4. The van der Waals surface area contributed by atoms with E-state index in [1.807, 2.05) is 0 Å². The molecule has 0 spiro atoms. The van der Waals surface area contributed by atoms with E-state index in [9.17, 15) is 14.4 Å². The predicted molar refractivity (Wildman–Crippen MR) is 95.1 cm³/mol. The Kier molecular flexibility index (Phi) is 25.0. The molecule has 0 aliphatic carbocycles. The maximum atomic E-state index is 10.4. The van der Waals surface area contributed by atoms with E-state index in [-0.39, 0.29) is 51.7 Å². The van der Waals surface area contributed by atoms with Gasteiger partial charge in [0.2, 0.25) is 0 Å². The van der Waals surface area contributed by atoms with E-state index >= 15 is 0 Å². The number of carbonyl (C=O) groups excluding carboxylic acids is 3. The van der Waals surface area contributed by atoms with Crippen molar-refractivity contribution in [3.05, 3.63) is 35.5 Å². The quantitative estimate of drug-likeness (QED) is 0.350. The van der Waals surface area contributed by atoms with Crippen molar-refractivity contribution in [3.63, 3.8) is 0 Å². The molecule has 0 aliphatic heterocycles. The third kappa shape index (κ3) is 34.5. The molecule has 0 rings (SSSR count). The number of rotatable bonds is 6. The van der Waals surface area contributed by atoms with Gasteiger partial charge in [-0.2, -0.15) is 0 Å². The van der Waals surface area contributed by atoms with Crippen LogP contribution in [0.15, 0.2) is 35.5 Å². The van der Waals surface area contributed by atoms with Crippen molar-refractivity contribution < 1.29 is 46.8 Å². The average molecular weight is 398 g/mol. The van der Waals surface area contributed by atoms with Crippen molar-refractivity contribution in [2.24, 2.45) is 0 Å². The number of aliphatic hydroxyl groups is 3. The van der Waals surface area contributed by atoms with Crippen molar-refractivity contribution in [3.8, 4) is 0 Å². The van der Waals surface area contributed by atoms with Gasteiger partial charge >= 0.3 is 0 Å². The van der Waals surface area contributed by atoms with Gasteiger partial charge in [0.25, 0.3) is 0 Å². The van der Waals surface area contributed by atoms with Crippen molar-refractivity contribution in [1.29, 1.82) is 0 Å². The molecule has 0 radical (unpaired) electrons. The van der Waals surface area contributed by atoms with Crippen LogP contribution in [0.25, 0.3) is 0 Å². The average Bonchev–Trinajstić information content (AvgIpc) is 2.46. The van der Waals surface area contributed by atoms with Crippen molar-refractivity contribution in [2.75, 3.05) is 0 Å². The maximum Gasteiger partial charge on any atom is 0.158 e. The van der Waals surface area contributed by atoms with Gasteiger partial charge in [-0.1, -0.05) is 20.8 Å². The molecule has 6 nitrogen and oxygen atoms in total. The molecule has 146 valence electrons. The van der Waals surface area contributed by atoms with E-state index < -0.39 is 0 Å². The molecular formula is C18H30FeO6. The number of hydrogen-bond acceptors (Lipinski definition) is 6. The zero-order valence-electron chi connectivity index (χ0n) is 15.8. The molecule has 0 fully saturated rings. The second-order valence-corrected chi connectivity index (χ2v) is 4.82. The number of aliphatic hydroxyl groups excluding tert-OH is 3. The van der Waals surface area contributed by atoms with Gasteiger partial charge < -0.3 is 15.3 Å². The molecule has 0 atom stereocenters. The fraction of sp³-hybridized carbons (Fsp3) is 0.500. The van der Waals surface area contributed by atoms with Crippen molar-refractivity contribution in [1.82, 2.24) is 0 Å². The van der Waals surface area contributed by atoms with Crippen LogP contribution < -0.4 is 0 Å². The standard InChI is InChI=1S/3C6H10O2.Fe/c3*1-3-6(8)4-5(2)7;/h3*4,7H,3H2,1-2H3;. The normalized spacial score (nSPS) is 11.0. The third-order valence-corrected chi connectivity index (χ3v) is 2.16. The SMILES string of the molecule is CCC(=O)C=C(C)O.CCC(=O)C=C(C)O.CCC(=O)C=C(C)O.[Fe]. The Hall–Kier alpha value is -1.85. The van der Waals surface area contributed by atoms with Gasteiger partial charge in [-0.05, 0) is 20.8 Å². The van der Waals surface area contributed by atoms with Gasteiger partial charge in [-0.3, -0.25) is 14.4 Å².